The number of amides is 1. The zero-order valence-corrected chi connectivity index (χ0v) is 15.4. The van der Waals surface area contributed by atoms with Crippen LogP contribution < -0.4 is 5.32 Å². The van der Waals surface area contributed by atoms with Gasteiger partial charge in [0.2, 0.25) is 0 Å². The molecule has 140 valence electrons. The highest BCUT2D eigenvalue weighted by Gasteiger charge is 2.52. The molecule has 7 heteroatoms. The van der Waals surface area contributed by atoms with Crippen LogP contribution in [0.1, 0.15) is 34.9 Å². The number of furan rings is 1. The summed E-state index contributed by atoms with van der Waals surface area (Å²) in [4.78, 5) is 14.5. The molecule has 26 heavy (non-hydrogen) atoms. The molecule has 2 aromatic rings. The molecule has 1 spiro atoms. The van der Waals surface area contributed by atoms with Crippen molar-refractivity contribution in [3.8, 4) is 0 Å². The zero-order chi connectivity index (χ0) is 18.1. The summed E-state index contributed by atoms with van der Waals surface area (Å²) in [6.07, 6.45) is 3.64. The van der Waals surface area contributed by atoms with Crippen molar-refractivity contribution >= 4 is 5.91 Å². The van der Waals surface area contributed by atoms with E-state index in [0.717, 1.165) is 50.6 Å². The first-order chi connectivity index (χ1) is 12.6. The molecule has 0 aliphatic carbocycles. The summed E-state index contributed by atoms with van der Waals surface area (Å²) in [5, 5.41) is 7.04. The summed E-state index contributed by atoms with van der Waals surface area (Å²) in [7, 11) is 1.78. The highest BCUT2D eigenvalue weighted by molar-refractivity contribution is 5.92. The van der Waals surface area contributed by atoms with E-state index in [9.17, 15) is 4.79 Å². The molecule has 0 bridgehead atoms. The molecule has 0 aromatic carbocycles. The molecular formula is C19H26N4O3. The largest absolute Gasteiger partial charge is 0.465 e. The van der Waals surface area contributed by atoms with E-state index in [0.29, 0.717) is 18.2 Å². The third-order valence-corrected chi connectivity index (χ3v) is 5.59. The Balaban J connectivity index is 1.25. The maximum Gasteiger partial charge on any atom is 0.269 e. The lowest BCUT2D eigenvalue weighted by Gasteiger charge is -2.50. The third-order valence-electron chi connectivity index (χ3n) is 5.59. The number of hydrogen-bond donors (Lipinski definition) is 1. The fourth-order valence-electron chi connectivity index (χ4n) is 4.20. The van der Waals surface area contributed by atoms with Crippen molar-refractivity contribution in [3.63, 3.8) is 0 Å². The number of nitrogens with zero attached hydrogens (tertiary/aromatic N) is 3. The van der Waals surface area contributed by atoms with Crippen molar-refractivity contribution in [3.05, 3.63) is 41.6 Å². The monoisotopic (exact) mass is 358 g/mol. The van der Waals surface area contributed by atoms with E-state index in [1.807, 2.05) is 19.1 Å². The number of carbonyl (C=O) groups excluding carboxylic acids is 1. The van der Waals surface area contributed by atoms with Crippen LogP contribution >= 0.6 is 0 Å². The van der Waals surface area contributed by atoms with Crippen LogP contribution in [0.3, 0.4) is 0 Å². The molecule has 2 aromatic heterocycles. The normalized spacial score (nSPS) is 21.8. The van der Waals surface area contributed by atoms with E-state index >= 15 is 0 Å². The Bertz CT molecular complexity index is 775. The van der Waals surface area contributed by atoms with Gasteiger partial charge in [0, 0.05) is 39.5 Å². The van der Waals surface area contributed by atoms with Crippen LogP contribution in [0, 0.1) is 12.8 Å². The van der Waals surface area contributed by atoms with Gasteiger partial charge in [0.1, 0.15) is 17.2 Å². The molecule has 2 aliphatic heterocycles. The second-order valence-corrected chi connectivity index (χ2v) is 7.44. The molecule has 2 aliphatic rings. The second-order valence-electron chi connectivity index (χ2n) is 7.44. The van der Waals surface area contributed by atoms with E-state index in [1.54, 1.807) is 24.0 Å². The van der Waals surface area contributed by atoms with Crippen LogP contribution in [-0.2, 0) is 18.3 Å². The number of ether oxygens (including phenoxy) is 1. The molecule has 2 saturated heterocycles. The maximum atomic E-state index is 12.2. The predicted molar refractivity (Wildman–Crippen MR) is 95.7 cm³/mol. The summed E-state index contributed by atoms with van der Waals surface area (Å²) < 4.78 is 13.4. The van der Waals surface area contributed by atoms with Crippen molar-refractivity contribution in [2.24, 2.45) is 13.0 Å². The number of nitrogens with one attached hydrogen (secondary N) is 1. The summed E-state index contributed by atoms with van der Waals surface area (Å²) in [6, 6.07) is 5.78. The smallest absolute Gasteiger partial charge is 0.269 e. The summed E-state index contributed by atoms with van der Waals surface area (Å²) in [5.41, 5.74) is 0.546. The molecule has 7 nitrogen and oxygen atoms in total. The lowest BCUT2D eigenvalue weighted by Crippen LogP contribution is -2.64. The number of hydrogen-bond acceptors (Lipinski definition) is 5. The summed E-state index contributed by atoms with van der Waals surface area (Å²) in [5.74, 6) is 2.38. The number of aryl methyl sites for hydroxylation is 2. The number of rotatable bonds is 6. The Morgan fingerprint density at radius 2 is 2.23 bits per heavy atom. The fraction of sp³-hybridized carbons (Fsp3) is 0.579. The van der Waals surface area contributed by atoms with Gasteiger partial charge in [-0.1, -0.05) is 0 Å². The van der Waals surface area contributed by atoms with Gasteiger partial charge in [-0.15, -0.1) is 0 Å². The van der Waals surface area contributed by atoms with E-state index in [2.05, 4.69) is 15.3 Å². The molecular weight excluding hydrogens is 332 g/mol. The first kappa shape index (κ1) is 17.3. The van der Waals surface area contributed by atoms with E-state index < -0.39 is 0 Å². The van der Waals surface area contributed by atoms with Crippen LogP contribution in [0.25, 0.3) is 0 Å². The Labute approximate surface area is 153 Å². The molecule has 0 saturated carbocycles. The molecule has 1 N–H and O–H groups in total. The first-order valence-corrected chi connectivity index (χ1v) is 9.23. The number of aromatic nitrogens is 2. The highest BCUT2D eigenvalue weighted by atomic mass is 16.5. The first-order valence-electron chi connectivity index (χ1n) is 9.23. The van der Waals surface area contributed by atoms with E-state index in [4.69, 9.17) is 9.15 Å². The van der Waals surface area contributed by atoms with Crippen LogP contribution in [-0.4, -0.2) is 52.4 Å². The maximum absolute atomic E-state index is 12.2. The molecule has 4 heterocycles. The van der Waals surface area contributed by atoms with Gasteiger partial charge in [-0.2, -0.15) is 5.10 Å². The lowest BCUT2D eigenvalue weighted by atomic mass is 9.79. The minimum atomic E-state index is -0.0682. The van der Waals surface area contributed by atoms with Crippen molar-refractivity contribution in [1.29, 1.82) is 0 Å². The summed E-state index contributed by atoms with van der Waals surface area (Å²) in [6.45, 7) is 6.16. The average Bonchev–Trinajstić information content (AvgIpc) is 3.28. The van der Waals surface area contributed by atoms with Crippen LogP contribution in [0.4, 0.5) is 0 Å². The minimum absolute atomic E-state index is 0.0428. The Hall–Kier alpha value is -2.12. The Morgan fingerprint density at radius 3 is 2.92 bits per heavy atom. The van der Waals surface area contributed by atoms with Gasteiger partial charge in [-0.3, -0.25) is 14.4 Å². The van der Waals surface area contributed by atoms with Gasteiger partial charge < -0.3 is 14.5 Å². The van der Waals surface area contributed by atoms with Gasteiger partial charge in [0.05, 0.1) is 12.1 Å². The SMILES string of the molecule is Cc1ccc(CN2CC3(C2)OCCC3CCNC(=O)c2ccnn2C)o1. The van der Waals surface area contributed by atoms with Gasteiger partial charge in [-0.05, 0) is 43.9 Å². The molecule has 0 radical (unpaired) electrons. The standard InChI is InChI=1S/C19H26N4O3/c1-14-3-4-16(26-14)11-23-12-19(13-23)15(7-10-25-19)5-8-20-18(24)17-6-9-21-22(17)2/h3-4,6,9,15H,5,7-8,10-13H2,1-2H3,(H,20,24). The molecule has 1 amide bonds. The second kappa shape index (κ2) is 6.89. The molecule has 2 fully saturated rings. The highest BCUT2D eigenvalue weighted by Crippen LogP contribution is 2.42. The molecule has 1 atom stereocenters. The Kier molecular flexibility index (Phi) is 4.58. The zero-order valence-electron chi connectivity index (χ0n) is 15.4. The number of carbonyl (C=O) groups is 1. The van der Waals surface area contributed by atoms with Crippen LogP contribution in [0.15, 0.2) is 28.8 Å². The topological polar surface area (TPSA) is 72.5 Å². The van der Waals surface area contributed by atoms with Gasteiger partial charge >= 0.3 is 0 Å². The fourth-order valence-corrected chi connectivity index (χ4v) is 4.20. The van der Waals surface area contributed by atoms with E-state index in [1.165, 1.54) is 0 Å². The quantitative estimate of drug-likeness (QED) is 0.851. The van der Waals surface area contributed by atoms with Crippen LogP contribution in [0.5, 0.6) is 0 Å². The average molecular weight is 358 g/mol. The Morgan fingerprint density at radius 1 is 1.38 bits per heavy atom. The van der Waals surface area contributed by atoms with Crippen molar-refractivity contribution < 1.29 is 13.9 Å². The van der Waals surface area contributed by atoms with E-state index in [-0.39, 0.29) is 11.5 Å². The van der Waals surface area contributed by atoms with Gasteiger partial charge in [0.25, 0.3) is 5.91 Å². The predicted octanol–water partition coefficient (Wildman–Crippen LogP) is 1.73. The van der Waals surface area contributed by atoms with Crippen molar-refractivity contribution in [2.45, 2.75) is 31.9 Å². The van der Waals surface area contributed by atoms with Crippen molar-refractivity contribution in [2.75, 3.05) is 26.2 Å². The minimum Gasteiger partial charge on any atom is -0.465 e. The van der Waals surface area contributed by atoms with Gasteiger partial charge in [-0.25, -0.2) is 0 Å². The third kappa shape index (κ3) is 3.29. The number of likely N-dealkylation sites (tertiary alicyclic amines) is 1. The summed E-state index contributed by atoms with van der Waals surface area (Å²) >= 11 is 0. The van der Waals surface area contributed by atoms with Crippen molar-refractivity contribution in [1.82, 2.24) is 20.0 Å². The lowest BCUT2D eigenvalue weighted by molar-refractivity contribution is -0.138. The van der Waals surface area contributed by atoms with Crippen LogP contribution in [0.2, 0.25) is 0 Å². The van der Waals surface area contributed by atoms with Gasteiger partial charge in [0.15, 0.2) is 0 Å². The molecule has 1 unspecified atom stereocenters. The molecule has 4 rings (SSSR count).